The molecule has 0 amide bonds. The van der Waals surface area contributed by atoms with Crippen molar-refractivity contribution in [3.05, 3.63) is 11.6 Å². The first kappa shape index (κ1) is 14.5. The zero-order valence-electron chi connectivity index (χ0n) is 11.5. The summed E-state index contributed by atoms with van der Waals surface area (Å²) in [5, 5.41) is 0. The van der Waals surface area contributed by atoms with Gasteiger partial charge in [-0.25, -0.2) is 13.2 Å². The summed E-state index contributed by atoms with van der Waals surface area (Å²) in [6.07, 6.45) is 4.03. The lowest BCUT2D eigenvalue weighted by Gasteiger charge is -2.37. The Labute approximate surface area is 114 Å². The Balaban J connectivity index is 2.11. The summed E-state index contributed by atoms with van der Waals surface area (Å²) in [5.41, 5.74) is 0.721. The summed E-state index contributed by atoms with van der Waals surface area (Å²) < 4.78 is 27.7. The number of likely N-dealkylation sites (N-methyl/N-ethyl adjacent to an activating group) is 1. The van der Waals surface area contributed by atoms with Crippen LogP contribution in [0, 0.1) is 5.92 Å². The first-order valence-corrected chi connectivity index (χ1v) is 8.45. The highest BCUT2D eigenvalue weighted by Gasteiger charge is 2.33. The van der Waals surface area contributed by atoms with Crippen molar-refractivity contribution in [2.24, 2.45) is 5.92 Å². The van der Waals surface area contributed by atoms with Gasteiger partial charge in [-0.1, -0.05) is 6.08 Å². The van der Waals surface area contributed by atoms with Crippen LogP contribution in [0.5, 0.6) is 0 Å². The molecule has 0 aliphatic carbocycles. The molecule has 2 aliphatic heterocycles. The lowest BCUT2D eigenvalue weighted by atomic mass is 9.88. The number of hydrogen-bond acceptors (Lipinski definition) is 5. The van der Waals surface area contributed by atoms with E-state index < -0.39 is 9.84 Å². The van der Waals surface area contributed by atoms with Gasteiger partial charge < -0.3 is 4.74 Å². The maximum absolute atomic E-state index is 11.6. The molecule has 2 aliphatic rings. The first-order chi connectivity index (χ1) is 8.93. The first-order valence-electron chi connectivity index (χ1n) is 6.62. The molecule has 0 aromatic rings. The average Bonchev–Trinajstić information content (AvgIpc) is 2.39. The van der Waals surface area contributed by atoms with Gasteiger partial charge in [0, 0.05) is 18.2 Å². The number of carbonyl (C=O) groups is 1. The summed E-state index contributed by atoms with van der Waals surface area (Å²) >= 11 is 0. The van der Waals surface area contributed by atoms with Gasteiger partial charge in [0.25, 0.3) is 0 Å². The molecule has 1 atom stereocenters. The molecular weight excluding hydrogens is 266 g/mol. The maximum atomic E-state index is 11.6. The third-order valence-corrected chi connectivity index (χ3v) is 5.86. The minimum atomic E-state index is -2.84. The number of hydrogen-bond donors (Lipinski definition) is 0. The van der Waals surface area contributed by atoms with E-state index in [-0.39, 0.29) is 23.5 Å². The number of ether oxygens (including phenoxy) is 1. The number of nitrogens with zero attached hydrogens (tertiary/aromatic N) is 1. The Morgan fingerprint density at radius 1 is 1.37 bits per heavy atom. The van der Waals surface area contributed by atoms with Crippen LogP contribution in [0.2, 0.25) is 0 Å². The molecule has 0 aromatic carbocycles. The van der Waals surface area contributed by atoms with Crippen LogP contribution >= 0.6 is 0 Å². The number of methoxy groups -OCH3 is 1. The van der Waals surface area contributed by atoms with Crippen LogP contribution in [0.4, 0.5) is 0 Å². The van der Waals surface area contributed by atoms with E-state index in [0.717, 1.165) is 12.1 Å². The van der Waals surface area contributed by atoms with Gasteiger partial charge in [0.15, 0.2) is 0 Å². The van der Waals surface area contributed by atoms with Gasteiger partial charge in [0.05, 0.1) is 18.6 Å². The molecule has 1 unspecified atom stereocenters. The van der Waals surface area contributed by atoms with E-state index in [1.807, 2.05) is 13.1 Å². The molecule has 0 N–H and O–H groups in total. The largest absolute Gasteiger partial charge is 0.466 e. The quantitative estimate of drug-likeness (QED) is 0.697. The van der Waals surface area contributed by atoms with Crippen molar-refractivity contribution in [2.45, 2.75) is 25.3 Å². The second kappa shape index (κ2) is 5.63. The van der Waals surface area contributed by atoms with Gasteiger partial charge in [0.1, 0.15) is 9.84 Å². The van der Waals surface area contributed by atoms with Crippen molar-refractivity contribution in [3.8, 4) is 0 Å². The standard InChI is InChI=1S/C13H21NO4S/c1-14-6-3-11(13(15)18-2)9-12(14)10-4-7-19(16,17)8-5-10/h9-10,12H,3-8H2,1-2H3. The zero-order valence-corrected chi connectivity index (χ0v) is 12.3. The lowest BCUT2D eigenvalue weighted by Crippen LogP contribution is -2.43. The number of esters is 1. The molecule has 2 rings (SSSR count). The number of sulfone groups is 1. The monoisotopic (exact) mass is 287 g/mol. The highest BCUT2D eigenvalue weighted by molar-refractivity contribution is 7.91. The molecule has 0 aromatic heterocycles. The van der Waals surface area contributed by atoms with E-state index in [9.17, 15) is 13.2 Å². The van der Waals surface area contributed by atoms with Crippen LogP contribution < -0.4 is 0 Å². The van der Waals surface area contributed by atoms with E-state index in [2.05, 4.69) is 4.90 Å². The summed E-state index contributed by atoms with van der Waals surface area (Å²) in [5.74, 6) is 0.585. The average molecular weight is 287 g/mol. The van der Waals surface area contributed by atoms with Crippen molar-refractivity contribution in [1.29, 1.82) is 0 Å². The minimum absolute atomic E-state index is 0.151. The molecule has 1 saturated heterocycles. The minimum Gasteiger partial charge on any atom is -0.466 e. The number of carbonyl (C=O) groups excluding carboxylic acids is 1. The molecule has 0 bridgehead atoms. The van der Waals surface area contributed by atoms with E-state index in [4.69, 9.17) is 4.74 Å². The summed E-state index contributed by atoms with van der Waals surface area (Å²) in [4.78, 5) is 13.8. The SMILES string of the molecule is COC(=O)C1=CC(C2CCS(=O)(=O)CC2)N(C)CC1. The van der Waals surface area contributed by atoms with E-state index >= 15 is 0 Å². The number of rotatable bonds is 2. The smallest absolute Gasteiger partial charge is 0.333 e. The molecular formula is C13H21NO4S. The van der Waals surface area contributed by atoms with E-state index in [1.54, 1.807) is 0 Å². The van der Waals surface area contributed by atoms with Gasteiger partial charge >= 0.3 is 5.97 Å². The van der Waals surface area contributed by atoms with Crippen molar-refractivity contribution in [1.82, 2.24) is 4.90 Å². The second-order valence-corrected chi connectivity index (χ2v) is 7.70. The topological polar surface area (TPSA) is 63.7 Å². The molecule has 6 heteroatoms. The fraction of sp³-hybridized carbons (Fsp3) is 0.769. The van der Waals surface area contributed by atoms with Crippen LogP contribution in [0.3, 0.4) is 0 Å². The van der Waals surface area contributed by atoms with Crippen LogP contribution in [-0.2, 0) is 19.4 Å². The third kappa shape index (κ3) is 3.36. The highest BCUT2D eigenvalue weighted by atomic mass is 32.2. The second-order valence-electron chi connectivity index (χ2n) is 5.39. The third-order valence-electron chi connectivity index (χ3n) is 4.14. The summed E-state index contributed by atoms with van der Waals surface area (Å²) in [7, 11) is 0.581. The summed E-state index contributed by atoms with van der Waals surface area (Å²) in [6.45, 7) is 0.814. The van der Waals surface area contributed by atoms with Crippen molar-refractivity contribution in [2.75, 3.05) is 32.2 Å². The van der Waals surface area contributed by atoms with Crippen LogP contribution in [0.15, 0.2) is 11.6 Å². The molecule has 5 nitrogen and oxygen atoms in total. The van der Waals surface area contributed by atoms with Crippen molar-refractivity contribution in [3.63, 3.8) is 0 Å². The summed E-state index contributed by atoms with van der Waals surface area (Å²) in [6, 6.07) is 0.151. The lowest BCUT2D eigenvalue weighted by molar-refractivity contribution is -0.136. The van der Waals surface area contributed by atoms with Gasteiger partial charge in [0.2, 0.25) is 0 Å². The Kier molecular flexibility index (Phi) is 4.30. The highest BCUT2D eigenvalue weighted by Crippen LogP contribution is 2.29. The molecule has 0 radical (unpaired) electrons. The Hall–Kier alpha value is -0.880. The van der Waals surface area contributed by atoms with Crippen LogP contribution in [0.1, 0.15) is 19.3 Å². The molecule has 1 fully saturated rings. The normalized spacial score (nSPS) is 28.7. The predicted molar refractivity (Wildman–Crippen MR) is 72.5 cm³/mol. The van der Waals surface area contributed by atoms with E-state index in [0.29, 0.717) is 25.2 Å². The van der Waals surface area contributed by atoms with Gasteiger partial charge in [-0.15, -0.1) is 0 Å². The zero-order chi connectivity index (χ0) is 14.0. The van der Waals surface area contributed by atoms with Gasteiger partial charge in [-0.05, 0) is 32.2 Å². The van der Waals surface area contributed by atoms with Gasteiger partial charge in [-0.3, -0.25) is 4.90 Å². The van der Waals surface area contributed by atoms with Crippen molar-refractivity contribution < 1.29 is 17.9 Å². The van der Waals surface area contributed by atoms with E-state index in [1.165, 1.54) is 7.11 Å². The fourth-order valence-electron chi connectivity index (χ4n) is 2.91. The fourth-order valence-corrected chi connectivity index (χ4v) is 4.44. The Bertz CT molecular complexity index is 469. The van der Waals surface area contributed by atoms with Crippen LogP contribution in [-0.4, -0.2) is 57.5 Å². The predicted octanol–water partition coefficient (Wildman–Crippen LogP) is 0.615. The molecule has 2 heterocycles. The van der Waals surface area contributed by atoms with Gasteiger partial charge in [-0.2, -0.15) is 0 Å². The molecule has 108 valence electrons. The van der Waals surface area contributed by atoms with Crippen LogP contribution in [0.25, 0.3) is 0 Å². The van der Waals surface area contributed by atoms with Crippen molar-refractivity contribution >= 4 is 15.8 Å². The Morgan fingerprint density at radius 3 is 2.58 bits per heavy atom. The molecule has 0 spiro atoms. The molecule has 0 saturated carbocycles. The maximum Gasteiger partial charge on any atom is 0.333 e. The molecule has 19 heavy (non-hydrogen) atoms. The Morgan fingerprint density at radius 2 is 2.00 bits per heavy atom.